The van der Waals surface area contributed by atoms with Gasteiger partial charge >= 0.3 is 0 Å². The zero-order chi connectivity index (χ0) is 96.0. The number of aryl methyl sites for hydroxylation is 3. The van der Waals surface area contributed by atoms with E-state index in [1.165, 1.54) is 112 Å². The SMILES string of the molecule is COc1ccc(N(C)CC(=O)N2CCN(c3ccc(S(=O)(=O)Nc4ccncn4)cc3)CC2)cc1.Cc1cccc2c1N([C@H]1CCN(c3ccc(S(=O)(=O)Nc4nccs4)cc3)C1=O)CC2.Cc1nnc(NS(=O)(=O)c2ccc(N3CCN(C(=O)[C@@H](C)N4CCCc5cc(F)ccc54)CC3)cc2)s1.O=C(COc1ccc(F)c(Cl)c1)N1CCN(c2ccc(S(=O)(=O)Nc3nccs3)cc2)CC1.[HH].[HH].[HH].[HH].[HH]. The summed E-state index contributed by atoms with van der Waals surface area (Å²) < 4.78 is 148. The van der Waals surface area contributed by atoms with Crippen molar-refractivity contribution in [3.8, 4) is 11.5 Å². The summed E-state index contributed by atoms with van der Waals surface area (Å²) in [6.07, 6.45) is 9.24. The lowest BCUT2D eigenvalue weighted by Gasteiger charge is -2.41. The van der Waals surface area contributed by atoms with E-state index in [2.05, 4.69) is 98.6 Å². The number of benzene rings is 8. The Balaban J connectivity index is 0.000000191. The van der Waals surface area contributed by atoms with Gasteiger partial charge < -0.3 is 58.5 Å². The van der Waals surface area contributed by atoms with Crippen molar-refractivity contribution in [3.63, 3.8) is 0 Å². The Morgan fingerprint density at radius 3 is 1.57 bits per heavy atom. The first kappa shape index (κ1) is 97.6. The lowest BCUT2D eigenvalue weighted by atomic mass is 9.99. The molecular weight excluding hydrogens is 1910 g/mol. The van der Waals surface area contributed by atoms with E-state index in [-0.39, 0.29) is 97.4 Å². The number of rotatable bonds is 26. The van der Waals surface area contributed by atoms with Crippen LogP contribution < -0.4 is 62.7 Å². The van der Waals surface area contributed by atoms with Gasteiger partial charge in [0.2, 0.25) is 22.9 Å². The van der Waals surface area contributed by atoms with Gasteiger partial charge in [0.25, 0.3) is 46.0 Å². The maximum atomic E-state index is 13.7. The highest BCUT2D eigenvalue weighted by molar-refractivity contribution is 7.93. The largest absolute Gasteiger partial charge is 0.497 e. The summed E-state index contributed by atoms with van der Waals surface area (Å²) in [5.41, 5.74) is 9.92. The van der Waals surface area contributed by atoms with E-state index in [9.17, 15) is 61.6 Å². The summed E-state index contributed by atoms with van der Waals surface area (Å²) in [6, 6.07) is 50.1. The number of anilines is 11. The number of aromatic nitrogens is 6. The quantitative estimate of drug-likeness (QED) is 0.0391. The third-order valence-corrected chi connectivity index (χ3v) is 31.9. The Morgan fingerprint density at radius 1 is 0.544 bits per heavy atom. The normalized spacial score (nSPS) is 15.8. The van der Waals surface area contributed by atoms with E-state index in [1.54, 1.807) is 138 Å². The van der Waals surface area contributed by atoms with Crippen molar-refractivity contribution in [2.24, 2.45) is 0 Å². The van der Waals surface area contributed by atoms with Crippen LogP contribution in [0.2, 0.25) is 5.02 Å². The summed E-state index contributed by atoms with van der Waals surface area (Å²) in [6.45, 7) is 15.3. The first-order valence-corrected chi connectivity index (χ1v) is 52.3. The Labute approximate surface area is 812 Å². The fourth-order valence-corrected chi connectivity index (χ4v) is 23.1. The molecule has 0 aliphatic carbocycles. The van der Waals surface area contributed by atoms with Crippen molar-refractivity contribution in [3.05, 3.63) is 256 Å². The Bertz CT molecular complexity index is 6690. The third-order valence-electron chi connectivity index (χ3n) is 23.7. The predicted molar refractivity (Wildman–Crippen MR) is 535 cm³/mol. The number of hydrogen-bond acceptors (Lipinski definition) is 29. The van der Waals surface area contributed by atoms with Gasteiger partial charge in [0, 0.05) is 188 Å². The number of amides is 4. The average Bonchev–Trinajstić information content (AvgIpc) is 1.62. The summed E-state index contributed by atoms with van der Waals surface area (Å²) in [4.78, 5) is 87.8. The first-order chi connectivity index (χ1) is 65.3. The number of carbonyl (C=O) groups excluding carboxylic acids is 4. The molecule has 44 heteroatoms. The number of nitrogens with zero attached hydrogens (tertiary/aromatic N) is 16. The molecule has 724 valence electrons. The van der Waals surface area contributed by atoms with Crippen molar-refractivity contribution in [1.29, 1.82) is 0 Å². The maximum absolute atomic E-state index is 13.7. The molecule has 0 spiro atoms. The van der Waals surface area contributed by atoms with Gasteiger partial charge in [-0.25, -0.2) is 62.4 Å². The number of hydrogen-bond donors (Lipinski definition) is 4. The third kappa shape index (κ3) is 24.1. The zero-order valence-corrected chi connectivity index (χ0v) is 81.1. The lowest BCUT2D eigenvalue weighted by Crippen LogP contribution is -2.55. The maximum Gasteiger partial charge on any atom is 0.263 e. The molecule has 12 aromatic rings. The molecule has 136 heavy (non-hydrogen) atoms. The first-order valence-electron chi connectivity index (χ1n) is 43.4. The van der Waals surface area contributed by atoms with E-state index < -0.39 is 45.9 Å². The molecule has 4 amide bonds. The lowest BCUT2D eigenvalue weighted by molar-refractivity contribution is -0.134. The summed E-state index contributed by atoms with van der Waals surface area (Å²) in [7, 11) is -11.4. The summed E-state index contributed by atoms with van der Waals surface area (Å²) in [5, 5.41) is 12.5. The molecule has 4 aromatic heterocycles. The van der Waals surface area contributed by atoms with Crippen LogP contribution >= 0.6 is 45.6 Å². The van der Waals surface area contributed by atoms with Gasteiger partial charge in [-0.2, -0.15) is 0 Å². The van der Waals surface area contributed by atoms with Gasteiger partial charge in [-0.1, -0.05) is 41.1 Å². The van der Waals surface area contributed by atoms with E-state index in [1.807, 2.05) is 52.9 Å². The van der Waals surface area contributed by atoms with Crippen molar-refractivity contribution >= 4 is 170 Å². The fraction of sp³-hybridized carbons (Fsp3) is 0.304. The highest BCUT2D eigenvalue weighted by Gasteiger charge is 2.41. The molecule has 2 atom stereocenters. The minimum Gasteiger partial charge on any atom is -0.497 e. The van der Waals surface area contributed by atoms with Gasteiger partial charge in [0.15, 0.2) is 16.9 Å². The number of methoxy groups -OCH3 is 1. The highest BCUT2D eigenvalue weighted by atomic mass is 35.5. The number of thiazole rings is 2. The van der Waals surface area contributed by atoms with Crippen molar-refractivity contribution in [2.45, 2.75) is 78.1 Å². The van der Waals surface area contributed by atoms with Gasteiger partial charge in [0.1, 0.15) is 52.4 Å². The molecule has 6 aliphatic heterocycles. The molecular formula is C92H109ClF2N20O14S7. The molecule has 18 rings (SSSR count). The second kappa shape index (κ2) is 43.4. The number of ether oxygens (including phenoxy) is 2. The van der Waals surface area contributed by atoms with Gasteiger partial charge in [-0.05, 0) is 221 Å². The summed E-state index contributed by atoms with van der Waals surface area (Å²) >= 11 is 9.32. The fourth-order valence-electron chi connectivity index (χ4n) is 16.5. The van der Waals surface area contributed by atoms with Crippen LogP contribution in [0.15, 0.2) is 237 Å². The van der Waals surface area contributed by atoms with Crippen LogP contribution in [0.25, 0.3) is 0 Å². The van der Waals surface area contributed by atoms with Crippen LogP contribution in [-0.2, 0) is 72.1 Å². The number of halogens is 3. The molecule has 0 radical (unpaired) electrons. The van der Waals surface area contributed by atoms with Crippen LogP contribution in [0.4, 0.5) is 69.8 Å². The molecule has 4 N–H and O–H groups in total. The molecule has 0 unspecified atom stereocenters. The molecule has 8 aromatic carbocycles. The monoisotopic (exact) mass is 2010 g/mol. The van der Waals surface area contributed by atoms with Gasteiger partial charge in [0.05, 0.1) is 38.3 Å². The minimum absolute atomic E-state index is 0. The van der Waals surface area contributed by atoms with Crippen LogP contribution in [0.1, 0.15) is 48.6 Å². The topological polar surface area (TPSA) is 381 Å². The molecule has 4 fully saturated rings. The van der Waals surface area contributed by atoms with E-state index >= 15 is 0 Å². The standard InChI is InChI=1S/C25H29FN6O3S2.C24H28N6O4S.C22H22N4O3S2.C21H20ClFN4O4S2.5H2/c1-17(32-11-3-4-19-16-20(26)5-10-23(19)32)24(33)31-14-12-30(13-15-31)21-6-8-22(9-7-21)37(34,35)29-25-28-27-18(2)36-25;1-28(19-3-7-21(34-2)8-4-19)17-24(31)30-15-13-29(14-16-30)20-5-9-22(10-6-20)35(32,33)27-23-11-12-25-18-26-23;1-15-3-2-4-16-9-12-26(20(15)16)19-10-13-25(21(19)27)17-5-7-18(8-6-17)31(28,29)24-22-23-11-14-30-22;22-18-13-16(3-6-19(18)23)31-14-20(28)27-10-8-26(9-11-27)15-1-4-17(5-2-15)33(29,30)25-21-24-7-12-32-21;;;;;/h5-10,16-17H,3-4,11-15H2,1-2H3,(H,28,29);3-12,18H,13-17H2,1-2H3,(H,25,26,27);2-8,11,14,19H,9-10,12-13H2,1H3,(H,23,24);1-7,12-13H,8-11,14H2,(H,24,25);5*1H/t17-;;19-;;;;;;/m1.0....../s1. The number of sulfonamides is 4. The number of carbonyl (C=O) groups is 4. The number of likely N-dealkylation sites (N-methyl/N-ethyl adjacent to an activating group) is 1. The molecule has 10 heterocycles. The van der Waals surface area contributed by atoms with Crippen LogP contribution in [-0.4, -0.2) is 240 Å². The number of fused-ring (bicyclic) bond motifs is 2. The van der Waals surface area contributed by atoms with Crippen molar-refractivity contribution in [1.82, 2.24) is 44.8 Å². The number of para-hydroxylation sites is 1. The minimum atomic E-state index is -3.75. The van der Waals surface area contributed by atoms with Crippen LogP contribution in [0.3, 0.4) is 0 Å². The molecule has 4 saturated heterocycles. The van der Waals surface area contributed by atoms with Gasteiger partial charge in [-0.3, -0.25) is 38.1 Å². The number of nitrogens with one attached hydrogen (secondary N) is 4. The molecule has 0 saturated carbocycles. The highest BCUT2D eigenvalue weighted by Crippen LogP contribution is 2.39. The molecule has 34 nitrogen and oxygen atoms in total. The number of piperazine rings is 3. The Kier molecular flexibility index (Phi) is 31.2. The van der Waals surface area contributed by atoms with E-state index in [4.69, 9.17) is 21.1 Å². The van der Waals surface area contributed by atoms with Gasteiger partial charge in [-0.15, -0.1) is 32.9 Å². The van der Waals surface area contributed by atoms with E-state index in [0.29, 0.717) is 112 Å². The Morgan fingerprint density at radius 2 is 1.07 bits per heavy atom. The average molecular weight is 2020 g/mol. The summed E-state index contributed by atoms with van der Waals surface area (Å²) in [5.74, 6) is 0.541. The van der Waals surface area contributed by atoms with Crippen LogP contribution in [0, 0.1) is 25.5 Å². The van der Waals surface area contributed by atoms with Crippen molar-refractivity contribution < 1.29 is 78.2 Å². The van der Waals surface area contributed by atoms with Crippen LogP contribution in [0.5, 0.6) is 11.5 Å². The van der Waals surface area contributed by atoms with Crippen molar-refractivity contribution in [2.75, 3.05) is 179 Å². The second-order valence-corrected chi connectivity index (χ2v) is 42.4. The van der Waals surface area contributed by atoms with E-state index in [0.717, 1.165) is 78.5 Å². The zero-order valence-electron chi connectivity index (χ0n) is 74.7. The Hall–Kier alpha value is -12.9. The predicted octanol–water partition coefficient (Wildman–Crippen LogP) is 13.5. The molecule has 0 bridgehead atoms. The smallest absolute Gasteiger partial charge is 0.263 e. The second-order valence-electron chi connectivity index (χ2n) is 32.3. The molecule has 6 aliphatic rings.